The summed E-state index contributed by atoms with van der Waals surface area (Å²) in [5.41, 5.74) is 3.92. The monoisotopic (exact) mass is 203 g/mol. The van der Waals surface area contributed by atoms with E-state index >= 15 is 0 Å². The molecule has 0 aromatic heterocycles. The largest absolute Gasteiger partial charge is 0.382 e. The molecule has 3 heteroatoms. The van der Waals surface area contributed by atoms with Gasteiger partial charge in [-0.25, -0.2) is 0 Å². The van der Waals surface area contributed by atoms with E-state index in [-0.39, 0.29) is 0 Å². The lowest BCUT2D eigenvalue weighted by atomic mass is 10.2. The Labute approximate surface area is 90.5 Å². The van der Waals surface area contributed by atoms with Crippen molar-refractivity contribution in [3.05, 3.63) is 18.2 Å². The van der Waals surface area contributed by atoms with Gasteiger partial charge in [-0.1, -0.05) is 6.07 Å². The molecule has 3 rings (SSSR count). The lowest BCUT2D eigenvalue weighted by Gasteiger charge is -2.27. The maximum Gasteiger partial charge on any atom is 0.0814 e. The quantitative estimate of drug-likeness (QED) is 0.732. The Kier molecular flexibility index (Phi) is 2.16. The van der Waals surface area contributed by atoms with Crippen LogP contribution in [0.3, 0.4) is 0 Å². The topological polar surface area (TPSA) is 27.3 Å². The third-order valence-corrected chi connectivity index (χ3v) is 3.23. The van der Waals surface area contributed by atoms with Crippen molar-refractivity contribution in [1.82, 2.24) is 0 Å². The van der Waals surface area contributed by atoms with E-state index in [0.29, 0.717) is 0 Å². The van der Waals surface area contributed by atoms with Crippen LogP contribution in [0.25, 0.3) is 0 Å². The van der Waals surface area contributed by atoms with Crippen LogP contribution in [0.2, 0.25) is 0 Å². The van der Waals surface area contributed by atoms with Gasteiger partial charge < -0.3 is 15.5 Å². The fourth-order valence-corrected chi connectivity index (χ4v) is 2.48. The van der Waals surface area contributed by atoms with E-state index in [1.165, 1.54) is 43.0 Å². The fraction of sp³-hybridized carbons (Fsp3) is 0.500. The van der Waals surface area contributed by atoms with Gasteiger partial charge >= 0.3 is 0 Å². The molecule has 15 heavy (non-hydrogen) atoms. The fourth-order valence-electron chi connectivity index (χ4n) is 2.48. The van der Waals surface area contributed by atoms with E-state index in [1.807, 2.05) is 0 Å². The molecular formula is C12H17N3. The molecule has 3 nitrogen and oxygen atoms in total. The van der Waals surface area contributed by atoms with Gasteiger partial charge in [-0.3, -0.25) is 0 Å². The Balaban J connectivity index is 1.99. The van der Waals surface area contributed by atoms with Crippen molar-refractivity contribution in [2.24, 2.45) is 0 Å². The number of hydrogen-bond donors (Lipinski definition) is 2. The first-order valence-corrected chi connectivity index (χ1v) is 5.81. The molecule has 2 aliphatic heterocycles. The van der Waals surface area contributed by atoms with E-state index in [2.05, 4.69) is 33.7 Å². The molecule has 0 spiro atoms. The second-order valence-corrected chi connectivity index (χ2v) is 4.25. The van der Waals surface area contributed by atoms with Crippen molar-refractivity contribution in [2.75, 3.05) is 41.7 Å². The molecule has 2 aliphatic rings. The highest BCUT2D eigenvalue weighted by Crippen LogP contribution is 2.36. The smallest absolute Gasteiger partial charge is 0.0814 e. The molecule has 0 atom stereocenters. The number of anilines is 3. The van der Waals surface area contributed by atoms with Crippen molar-refractivity contribution in [3.63, 3.8) is 0 Å². The summed E-state index contributed by atoms with van der Waals surface area (Å²) in [6.45, 7) is 4.46. The van der Waals surface area contributed by atoms with Gasteiger partial charge in [0.15, 0.2) is 0 Å². The average Bonchev–Trinajstić information content (AvgIpc) is 2.82. The summed E-state index contributed by atoms with van der Waals surface area (Å²) in [7, 11) is 0. The number of nitrogens with one attached hydrogen (secondary N) is 2. The van der Waals surface area contributed by atoms with Crippen LogP contribution in [0.4, 0.5) is 17.1 Å². The number of benzene rings is 1. The third-order valence-electron chi connectivity index (χ3n) is 3.23. The zero-order valence-corrected chi connectivity index (χ0v) is 8.92. The van der Waals surface area contributed by atoms with E-state index in [1.54, 1.807) is 0 Å². The molecule has 2 heterocycles. The van der Waals surface area contributed by atoms with Crippen LogP contribution in [0.1, 0.15) is 12.8 Å². The van der Waals surface area contributed by atoms with Crippen LogP contribution in [-0.4, -0.2) is 26.2 Å². The Morgan fingerprint density at radius 1 is 1.00 bits per heavy atom. The van der Waals surface area contributed by atoms with Crippen molar-refractivity contribution in [1.29, 1.82) is 0 Å². The summed E-state index contributed by atoms with van der Waals surface area (Å²) in [6, 6.07) is 6.53. The molecule has 80 valence electrons. The Morgan fingerprint density at radius 3 is 2.67 bits per heavy atom. The summed E-state index contributed by atoms with van der Waals surface area (Å²) >= 11 is 0. The minimum absolute atomic E-state index is 1.02. The number of para-hydroxylation sites is 1. The summed E-state index contributed by atoms with van der Waals surface area (Å²) in [5.74, 6) is 0. The standard InChI is InChI=1S/C12H17N3/c1-2-9-15(8-1)11-5-3-4-10-12(11)14-7-6-13-10/h3-5,13-14H,1-2,6-9H2. The predicted molar refractivity (Wildman–Crippen MR) is 64.9 cm³/mol. The van der Waals surface area contributed by atoms with Crippen LogP contribution in [0.15, 0.2) is 18.2 Å². The second-order valence-electron chi connectivity index (χ2n) is 4.25. The molecule has 0 radical (unpaired) electrons. The normalized spacial score (nSPS) is 19.3. The van der Waals surface area contributed by atoms with Crippen LogP contribution in [0.5, 0.6) is 0 Å². The molecule has 0 saturated carbocycles. The molecule has 1 aromatic rings. The van der Waals surface area contributed by atoms with Gasteiger partial charge in [0.05, 0.1) is 17.1 Å². The van der Waals surface area contributed by atoms with E-state index < -0.39 is 0 Å². The van der Waals surface area contributed by atoms with Crippen LogP contribution >= 0.6 is 0 Å². The van der Waals surface area contributed by atoms with Crippen LogP contribution in [-0.2, 0) is 0 Å². The molecule has 0 aliphatic carbocycles. The maximum absolute atomic E-state index is 3.50. The van der Waals surface area contributed by atoms with Gasteiger partial charge in [-0.15, -0.1) is 0 Å². The first kappa shape index (κ1) is 8.89. The predicted octanol–water partition coefficient (Wildman–Crippen LogP) is 2.12. The second kappa shape index (κ2) is 3.65. The van der Waals surface area contributed by atoms with Gasteiger partial charge in [0.1, 0.15) is 0 Å². The Hall–Kier alpha value is -1.38. The number of hydrogen-bond acceptors (Lipinski definition) is 3. The number of rotatable bonds is 1. The first-order valence-electron chi connectivity index (χ1n) is 5.81. The van der Waals surface area contributed by atoms with Gasteiger partial charge in [0.25, 0.3) is 0 Å². The van der Waals surface area contributed by atoms with E-state index in [4.69, 9.17) is 0 Å². The van der Waals surface area contributed by atoms with Gasteiger partial charge in [0, 0.05) is 26.2 Å². The molecule has 0 unspecified atom stereocenters. The number of fused-ring (bicyclic) bond motifs is 1. The van der Waals surface area contributed by atoms with Gasteiger partial charge in [-0.2, -0.15) is 0 Å². The third kappa shape index (κ3) is 1.52. The Bertz CT molecular complexity index is 356. The zero-order valence-electron chi connectivity index (χ0n) is 8.92. The summed E-state index contributed by atoms with van der Waals surface area (Å²) in [4.78, 5) is 2.48. The maximum atomic E-state index is 3.50. The average molecular weight is 203 g/mol. The highest BCUT2D eigenvalue weighted by molar-refractivity contribution is 5.84. The van der Waals surface area contributed by atoms with E-state index in [0.717, 1.165) is 13.1 Å². The summed E-state index contributed by atoms with van der Waals surface area (Å²) in [5, 5.41) is 6.94. The van der Waals surface area contributed by atoms with Crippen molar-refractivity contribution in [2.45, 2.75) is 12.8 Å². The first-order chi connectivity index (χ1) is 7.45. The summed E-state index contributed by atoms with van der Waals surface area (Å²) < 4.78 is 0. The molecule has 0 bridgehead atoms. The minimum Gasteiger partial charge on any atom is -0.382 e. The van der Waals surface area contributed by atoms with Gasteiger partial charge in [0.2, 0.25) is 0 Å². The lowest BCUT2D eigenvalue weighted by Crippen LogP contribution is -2.25. The SMILES string of the molecule is c1cc2c(c(N3CCCC3)c1)NCCN2. The molecular weight excluding hydrogens is 186 g/mol. The van der Waals surface area contributed by atoms with Crippen LogP contribution in [0, 0.1) is 0 Å². The van der Waals surface area contributed by atoms with Crippen LogP contribution < -0.4 is 15.5 Å². The molecule has 1 fully saturated rings. The molecule has 1 saturated heterocycles. The Morgan fingerprint density at radius 2 is 1.80 bits per heavy atom. The van der Waals surface area contributed by atoms with Crippen molar-refractivity contribution >= 4 is 17.1 Å². The number of nitrogens with zero attached hydrogens (tertiary/aromatic N) is 1. The molecule has 1 aromatic carbocycles. The highest BCUT2D eigenvalue weighted by atomic mass is 15.2. The minimum atomic E-state index is 1.02. The zero-order chi connectivity index (χ0) is 10.1. The van der Waals surface area contributed by atoms with Crippen molar-refractivity contribution in [3.8, 4) is 0 Å². The molecule has 0 amide bonds. The summed E-state index contributed by atoms with van der Waals surface area (Å²) in [6.07, 6.45) is 2.66. The van der Waals surface area contributed by atoms with Crippen molar-refractivity contribution < 1.29 is 0 Å². The lowest BCUT2D eigenvalue weighted by molar-refractivity contribution is 0.949. The van der Waals surface area contributed by atoms with E-state index in [9.17, 15) is 0 Å². The highest BCUT2D eigenvalue weighted by Gasteiger charge is 2.18. The van der Waals surface area contributed by atoms with Gasteiger partial charge in [-0.05, 0) is 25.0 Å². The molecule has 2 N–H and O–H groups in total.